The van der Waals surface area contributed by atoms with E-state index in [1.165, 1.54) is 0 Å². The summed E-state index contributed by atoms with van der Waals surface area (Å²) in [6, 6.07) is 7.96. The molecule has 1 aliphatic rings. The zero-order valence-electron chi connectivity index (χ0n) is 19.8. The van der Waals surface area contributed by atoms with Crippen molar-refractivity contribution >= 4 is 17.9 Å². The molecule has 3 amide bonds. The summed E-state index contributed by atoms with van der Waals surface area (Å²) in [5.41, 5.74) is 0.924. The molecule has 3 N–H and O–H groups in total. The van der Waals surface area contributed by atoms with E-state index in [0.29, 0.717) is 25.8 Å². The fourth-order valence-corrected chi connectivity index (χ4v) is 3.72. The van der Waals surface area contributed by atoms with Crippen LogP contribution in [-0.4, -0.2) is 63.8 Å². The molecule has 2 atom stereocenters. The number of carbonyl (C=O) groups is 3. The van der Waals surface area contributed by atoms with E-state index in [-0.39, 0.29) is 18.4 Å². The van der Waals surface area contributed by atoms with Crippen molar-refractivity contribution < 1.29 is 19.1 Å². The molecule has 1 aromatic heterocycles. The number of amides is 3. The molecule has 3 rings (SSSR count). The van der Waals surface area contributed by atoms with Gasteiger partial charge in [-0.3, -0.25) is 14.7 Å². The van der Waals surface area contributed by atoms with E-state index in [9.17, 15) is 14.4 Å². The van der Waals surface area contributed by atoms with Gasteiger partial charge < -0.3 is 20.3 Å². The van der Waals surface area contributed by atoms with Gasteiger partial charge in [-0.25, -0.2) is 4.79 Å². The van der Waals surface area contributed by atoms with E-state index in [0.717, 1.165) is 11.1 Å². The third kappa shape index (κ3) is 7.37. The first-order valence-corrected chi connectivity index (χ1v) is 11.3. The van der Waals surface area contributed by atoms with Gasteiger partial charge in [-0.15, -0.1) is 0 Å². The Labute approximate surface area is 199 Å². The first kappa shape index (κ1) is 24.8. The molecule has 0 saturated carbocycles. The lowest BCUT2D eigenvalue weighted by molar-refractivity contribution is -0.139. The Bertz CT molecular complexity index is 1030. The van der Waals surface area contributed by atoms with Crippen LogP contribution in [0.5, 0.6) is 0 Å². The first-order chi connectivity index (χ1) is 16.2. The van der Waals surface area contributed by atoms with Crippen molar-refractivity contribution in [3.8, 4) is 11.8 Å². The van der Waals surface area contributed by atoms with Gasteiger partial charge in [0.1, 0.15) is 17.7 Å². The number of rotatable bonds is 6. The highest BCUT2D eigenvalue weighted by atomic mass is 16.6. The van der Waals surface area contributed by atoms with Gasteiger partial charge in [0.05, 0.1) is 18.3 Å². The van der Waals surface area contributed by atoms with Crippen molar-refractivity contribution in [2.24, 2.45) is 0 Å². The minimum atomic E-state index is -0.855. The lowest BCUT2D eigenvalue weighted by atomic mass is 10.0. The van der Waals surface area contributed by atoms with Crippen LogP contribution in [0.3, 0.4) is 0 Å². The van der Waals surface area contributed by atoms with E-state index in [1.54, 1.807) is 38.1 Å². The topological polar surface area (TPSA) is 116 Å². The molecule has 9 heteroatoms. The van der Waals surface area contributed by atoms with Crippen molar-refractivity contribution in [3.63, 3.8) is 0 Å². The third-order valence-corrected chi connectivity index (χ3v) is 5.19. The highest BCUT2D eigenvalue weighted by Crippen LogP contribution is 2.20. The van der Waals surface area contributed by atoms with Gasteiger partial charge in [0, 0.05) is 19.2 Å². The lowest BCUT2D eigenvalue weighted by Crippen LogP contribution is -2.54. The van der Waals surface area contributed by atoms with Crippen LogP contribution >= 0.6 is 0 Å². The average Bonchev–Trinajstić information content (AvgIpc) is 3.47. The molecule has 2 aromatic rings. The van der Waals surface area contributed by atoms with Gasteiger partial charge in [-0.2, -0.15) is 5.10 Å². The average molecular weight is 466 g/mol. The standard InChI is InChI=1S/C25H31N5O4/c1-25(2,3)34-24(33)29-20(15-18-9-5-4-6-10-18)23(32)30-14-8-12-21(30)22(31)26-13-7-11-19-16-27-28-17-19/h4-6,9-10,16-17,20-21H,8,12-15H2,1-3H3,(H,26,31)(H,27,28)(H,29,33)/t20-,21+/m1/s1. The Kier molecular flexibility index (Phi) is 8.30. The number of carbonyl (C=O) groups excluding carboxylic acids is 3. The van der Waals surface area contributed by atoms with Crippen molar-refractivity contribution in [1.29, 1.82) is 0 Å². The van der Waals surface area contributed by atoms with Crippen LogP contribution in [0.2, 0.25) is 0 Å². The maximum atomic E-state index is 13.5. The monoisotopic (exact) mass is 465 g/mol. The number of nitrogens with one attached hydrogen (secondary N) is 3. The first-order valence-electron chi connectivity index (χ1n) is 11.3. The number of aromatic nitrogens is 2. The van der Waals surface area contributed by atoms with Crippen LogP contribution in [-0.2, 0) is 20.7 Å². The predicted octanol–water partition coefficient (Wildman–Crippen LogP) is 2.00. The number of H-pyrrole nitrogens is 1. The summed E-state index contributed by atoms with van der Waals surface area (Å²) in [6.07, 6.45) is 4.14. The molecule has 1 aromatic carbocycles. The number of benzene rings is 1. The van der Waals surface area contributed by atoms with Gasteiger partial charge in [0.25, 0.3) is 0 Å². The number of alkyl carbamates (subject to hydrolysis) is 1. The zero-order valence-corrected chi connectivity index (χ0v) is 19.8. The summed E-state index contributed by atoms with van der Waals surface area (Å²) in [6.45, 7) is 5.88. The molecular weight excluding hydrogens is 434 g/mol. The van der Waals surface area contributed by atoms with Crippen LogP contribution in [0.4, 0.5) is 4.79 Å². The fraction of sp³-hybridized carbons (Fsp3) is 0.440. The Hall–Kier alpha value is -3.80. The Morgan fingerprint density at radius 3 is 2.71 bits per heavy atom. The smallest absolute Gasteiger partial charge is 0.408 e. The molecule has 2 heterocycles. The van der Waals surface area contributed by atoms with Crippen LogP contribution in [0.1, 0.15) is 44.7 Å². The van der Waals surface area contributed by atoms with E-state index >= 15 is 0 Å². The second kappa shape index (κ2) is 11.4. The normalized spacial score (nSPS) is 16.2. The number of ether oxygens (including phenoxy) is 1. The van der Waals surface area contributed by atoms with Gasteiger partial charge in [-0.1, -0.05) is 42.2 Å². The van der Waals surface area contributed by atoms with E-state index in [2.05, 4.69) is 32.7 Å². The predicted molar refractivity (Wildman–Crippen MR) is 127 cm³/mol. The lowest BCUT2D eigenvalue weighted by Gasteiger charge is -2.29. The largest absolute Gasteiger partial charge is 0.444 e. The molecule has 1 fully saturated rings. The van der Waals surface area contributed by atoms with Crippen LogP contribution < -0.4 is 10.6 Å². The third-order valence-electron chi connectivity index (χ3n) is 5.19. The number of nitrogens with zero attached hydrogens (tertiary/aromatic N) is 2. The molecular formula is C25H31N5O4. The second-order valence-electron chi connectivity index (χ2n) is 9.08. The molecule has 34 heavy (non-hydrogen) atoms. The van der Waals surface area contributed by atoms with Crippen LogP contribution in [0.15, 0.2) is 42.7 Å². The molecule has 9 nitrogen and oxygen atoms in total. The molecule has 0 unspecified atom stereocenters. The van der Waals surface area contributed by atoms with Crippen LogP contribution in [0, 0.1) is 11.8 Å². The summed E-state index contributed by atoms with van der Waals surface area (Å²) in [7, 11) is 0. The molecule has 0 aliphatic carbocycles. The zero-order chi connectivity index (χ0) is 24.6. The highest BCUT2D eigenvalue weighted by Gasteiger charge is 2.38. The summed E-state index contributed by atoms with van der Waals surface area (Å²) in [5.74, 6) is 5.19. The number of likely N-dealkylation sites (tertiary alicyclic amines) is 1. The summed E-state index contributed by atoms with van der Waals surface area (Å²) in [5, 5.41) is 12.0. The van der Waals surface area contributed by atoms with E-state index < -0.39 is 23.8 Å². The van der Waals surface area contributed by atoms with Gasteiger partial charge in [0.15, 0.2) is 0 Å². The maximum Gasteiger partial charge on any atom is 0.408 e. The number of hydrogen-bond donors (Lipinski definition) is 3. The molecule has 1 aliphatic heterocycles. The highest BCUT2D eigenvalue weighted by molar-refractivity contribution is 5.92. The van der Waals surface area contributed by atoms with Crippen molar-refractivity contribution in [2.75, 3.05) is 13.1 Å². The number of hydrogen-bond acceptors (Lipinski definition) is 5. The van der Waals surface area contributed by atoms with Crippen LogP contribution in [0.25, 0.3) is 0 Å². The van der Waals surface area contributed by atoms with Crippen molar-refractivity contribution in [1.82, 2.24) is 25.7 Å². The fourth-order valence-electron chi connectivity index (χ4n) is 3.72. The Morgan fingerprint density at radius 1 is 1.26 bits per heavy atom. The minimum Gasteiger partial charge on any atom is -0.444 e. The molecule has 0 spiro atoms. The molecule has 0 radical (unpaired) electrons. The van der Waals surface area contributed by atoms with Gasteiger partial charge in [0.2, 0.25) is 11.8 Å². The maximum absolute atomic E-state index is 13.5. The van der Waals surface area contributed by atoms with Crippen molar-refractivity contribution in [3.05, 3.63) is 53.9 Å². The van der Waals surface area contributed by atoms with Gasteiger partial charge in [-0.05, 0) is 39.2 Å². The van der Waals surface area contributed by atoms with E-state index in [1.807, 2.05) is 30.3 Å². The summed E-state index contributed by atoms with van der Waals surface area (Å²) < 4.78 is 5.37. The second-order valence-corrected chi connectivity index (χ2v) is 9.08. The number of aromatic amines is 1. The van der Waals surface area contributed by atoms with E-state index in [4.69, 9.17) is 4.74 Å². The quantitative estimate of drug-likeness (QED) is 0.565. The molecule has 0 bridgehead atoms. The minimum absolute atomic E-state index is 0.159. The van der Waals surface area contributed by atoms with Gasteiger partial charge >= 0.3 is 6.09 Å². The summed E-state index contributed by atoms with van der Waals surface area (Å²) in [4.78, 5) is 40.3. The SMILES string of the molecule is CC(C)(C)OC(=O)N[C@H](Cc1ccccc1)C(=O)N1CCC[C@H]1C(=O)NCC#Cc1cn[nH]c1. The van der Waals surface area contributed by atoms with Crippen molar-refractivity contribution in [2.45, 2.75) is 57.7 Å². The summed E-state index contributed by atoms with van der Waals surface area (Å²) >= 11 is 0. The Morgan fingerprint density at radius 2 is 2.03 bits per heavy atom. The molecule has 1 saturated heterocycles. The Balaban J connectivity index is 1.67. The molecule has 180 valence electrons.